The molecule has 0 fully saturated rings. The summed E-state index contributed by atoms with van der Waals surface area (Å²) in [6.07, 6.45) is 0.830. The minimum atomic E-state index is -0.927. The van der Waals surface area contributed by atoms with Crippen LogP contribution in [-0.4, -0.2) is 35.9 Å². The zero-order valence-corrected chi connectivity index (χ0v) is 17.2. The van der Waals surface area contributed by atoms with Crippen LogP contribution in [0, 0.1) is 5.92 Å². The Bertz CT molecular complexity index is 1020. The van der Waals surface area contributed by atoms with E-state index in [0.29, 0.717) is 31.3 Å². The number of aromatic nitrogens is 1. The Morgan fingerprint density at radius 2 is 1.77 bits per heavy atom. The first-order valence-corrected chi connectivity index (χ1v) is 10.1. The summed E-state index contributed by atoms with van der Waals surface area (Å²) in [5, 5.41) is 9.48. The van der Waals surface area contributed by atoms with Crippen molar-refractivity contribution in [2.75, 3.05) is 29.5 Å². The molecule has 2 aromatic carbocycles. The molecule has 3 aromatic rings. The molecule has 1 N–H and O–H groups in total. The Balaban J connectivity index is 1.54. The lowest BCUT2D eigenvalue weighted by atomic mass is 10.1. The van der Waals surface area contributed by atoms with E-state index in [1.165, 1.54) is 4.90 Å². The summed E-state index contributed by atoms with van der Waals surface area (Å²) < 4.78 is 5.70. The quantitative estimate of drug-likeness (QED) is 0.616. The summed E-state index contributed by atoms with van der Waals surface area (Å²) in [6, 6.07) is 19.7. The van der Waals surface area contributed by atoms with Gasteiger partial charge in [-0.2, -0.15) is 0 Å². The van der Waals surface area contributed by atoms with Crippen LogP contribution in [0.25, 0.3) is 11.3 Å². The lowest BCUT2D eigenvalue weighted by Gasteiger charge is -2.36. The van der Waals surface area contributed by atoms with Crippen LogP contribution in [0.3, 0.4) is 0 Å². The number of rotatable bonds is 5. The average Bonchev–Trinajstić information content (AvgIpc) is 2.77. The number of amides is 1. The number of pyridine rings is 1. The van der Waals surface area contributed by atoms with Crippen LogP contribution in [0.4, 0.5) is 21.9 Å². The highest BCUT2D eigenvalue weighted by Gasteiger charge is 2.26. The molecule has 0 radical (unpaired) electrons. The Morgan fingerprint density at radius 1 is 1.03 bits per heavy atom. The van der Waals surface area contributed by atoms with E-state index in [4.69, 9.17) is 4.74 Å². The van der Waals surface area contributed by atoms with Gasteiger partial charge in [0.1, 0.15) is 5.75 Å². The molecule has 2 heterocycles. The third-order valence-electron chi connectivity index (χ3n) is 5.04. The summed E-state index contributed by atoms with van der Waals surface area (Å²) in [6.45, 7) is 5.93. The fourth-order valence-electron chi connectivity index (χ4n) is 3.54. The fraction of sp³-hybridized carbons (Fsp3) is 0.250. The lowest BCUT2D eigenvalue weighted by Crippen LogP contribution is -2.41. The summed E-state index contributed by atoms with van der Waals surface area (Å²) in [4.78, 5) is 19.6. The molecule has 0 spiro atoms. The van der Waals surface area contributed by atoms with Crippen LogP contribution >= 0.6 is 0 Å². The molecule has 0 bridgehead atoms. The van der Waals surface area contributed by atoms with Crippen LogP contribution in [0.5, 0.6) is 5.75 Å². The van der Waals surface area contributed by atoms with E-state index >= 15 is 0 Å². The van der Waals surface area contributed by atoms with Crippen molar-refractivity contribution in [2.45, 2.75) is 13.8 Å². The number of ether oxygens (including phenoxy) is 1. The second-order valence-electron chi connectivity index (χ2n) is 7.71. The molecular formula is C24H25N3O3. The third kappa shape index (κ3) is 4.08. The Hall–Kier alpha value is -3.54. The minimum Gasteiger partial charge on any atom is -0.492 e. The molecule has 4 rings (SSSR count). The Morgan fingerprint density at radius 3 is 2.40 bits per heavy atom. The first-order valence-electron chi connectivity index (χ1n) is 10.1. The normalized spacial score (nSPS) is 13.3. The number of carbonyl (C=O) groups is 1. The number of hydrogen-bond donors (Lipinski definition) is 1. The Kier molecular flexibility index (Phi) is 5.57. The lowest BCUT2D eigenvalue weighted by molar-refractivity contribution is 0.201. The smallest absolute Gasteiger partial charge is 0.411 e. The summed E-state index contributed by atoms with van der Waals surface area (Å²) in [5.74, 6) is 1.25. The third-order valence-corrected chi connectivity index (χ3v) is 5.04. The number of carboxylic acid groups (broad SMARTS) is 1. The Labute approximate surface area is 176 Å². The largest absolute Gasteiger partial charge is 0.492 e. The van der Waals surface area contributed by atoms with Crippen molar-refractivity contribution in [3.8, 4) is 17.0 Å². The molecular weight excluding hydrogens is 378 g/mol. The number of hydrogen-bond acceptors (Lipinski definition) is 4. The van der Waals surface area contributed by atoms with Crippen molar-refractivity contribution < 1.29 is 14.6 Å². The van der Waals surface area contributed by atoms with Gasteiger partial charge in [-0.15, -0.1) is 0 Å². The number of para-hydroxylation sites is 2. The number of anilines is 3. The van der Waals surface area contributed by atoms with E-state index in [-0.39, 0.29) is 0 Å². The van der Waals surface area contributed by atoms with Gasteiger partial charge in [-0.1, -0.05) is 38.1 Å². The first kappa shape index (κ1) is 19.8. The minimum absolute atomic E-state index is 0.424. The van der Waals surface area contributed by atoms with Gasteiger partial charge < -0.3 is 14.7 Å². The second-order valence-corrected chi connectivity index (χ2v) is 7.71. The average molecular weight is 403 g/mol. The maximum Gasteiger partial charge on any atom is 0.411 e. The molecule has 1 aromatic heterocycles. The molecule has 0 aliphatic carbocycles. The first-order chi connectivity index (χ1) is 14.5. The van der Waals surface area contributed by atoms with Crippen LogP contribution in [0.2, 0.25) is 0 Å². The molecule has 6 nitrogen and oxygen atoms in total. The molecule has 154 valence electrons. The van der Waals surface area contributed by atoms with Crippen molar-refractivity contribution >= 4 is 23.2 Å². The van der Waals surface area contributed by atoms with E-state index in [1.54, 1.807) is 6.20 Å². The summed E-state index contributed by atoms with van der Waals surface area (Å²) >= 11 is 0. The van der Waals surface area contributed by atoms with Crippen molar-refractivity contribution in [1.29, 1.82) is 0 Å². The SMILES string of the molecule is CC(C)COc1ccc(-c2ccc(N3CCN(C(=O)O)c4ccccc43)cc2)nc1. The maximum atomic E-state index is 11.6. The number of fused-ring (bicyclic) bond motifs is 1. The van der Waals surface area contributed by atoms with E-state index < -0.39 is 6.09 Å². The number of nitrogens with zero attached hydrogens (tertiary/aromatic N) is 3. The van der Waals surface area contributed by atoms with E-state index in [0.717, 1.165) is 28.4 Å². The summed E-state index contributed by atoms with van der Waals surface area (Å²) in [7, 11) is 0. The number of benzene rings is 2. The molecule has 0 saturated heterocycles. The highest BCUT2D eigenvalue weighted by Crippen LogP contribution is 2.38. The highest BCUT2D eigenvalue weighted by atomic mass is 16.5. The zero-order valence-electron chi connectivity index (χ0n) is 17.2. The second kappa shape index (κ2) is 8.45. The van der Waals surface area contributed by atoms with Crippen LogP contribution in [0.1, 0.15) is 13.8 Å². The molecule has 1 amide bonds. The molecule has 1 aliphatic heterocycles. The van der Waals surface area contributed by atoms with Gasteiger partial charge in [0.15, 0.2) is 0 Å². The summed E-state index contributed by atoms with van der Waals surface area (Å²) in [5.41, 5.74) is 4.52. The van der Waals surface area contributed by atoms with Gasteiger partial charge in [-0.3, -0.25) is 9.88 Å². The van der Waals surface area contributed by atoms with E-state index in [9.17, 15) is 9.90 Å². The predicted octanol–water partition coefficient (Wildman–Crippen LogP) is 5.42. The maximum absolute atomic E-state index is 11.6. The van der Waals surface area contributed by atoms with Crippen LogP contribution in [0.15, 0.2) is 66.9 Å². The van der Waals surface area contributed by atoms with E-state index in [1.807, 2.05) is 60.7 Å². The topological polar surface area (TPSA) is 65.9 Å². The van der Waals surface area contributed by atoms with Crippen molar-refractivity contribution in [3.63, 3.8) is 0 Å². The van der Waals surface area contributed by atoms with Crippen LogP contribution in [-0.2, 0) is 0 Å². The van der Waals surface area contributed by atoms with E-state index in [2.05, 4.69) is 23.7 Å². The molecule has 0 unspecified atom stereocenters. The standard InChI is InChI=1S/C24H25N3O3/c1-17(2)16-30-20-11-12-21(25-15-20)18-7-9-19(10-8-18)26-13-14-27(24(28)29)23-6-4-3-5-22(23)26/h3-12,15,17H,13-14,16H2,1-2H3,(H,28,29). The van der Waals surface area contributed by atoms with Gasteiger partial charge in [0, 0.05) is 24.3 Å². The van der Waals surface area contributed by atoms with Gasteiger partial charge in [-0.25, -0.2) is 4.79 Å². The highest BCUT2D eigenvalue weighted by molar-refractivity contribution is 5.94. The molecule has 1 aliphatic rings. The van der Waals surface area contributed by atoms with Gasteiger partial charge >= 0.3 is 6.09 Å². The molecule has 30 heavy (non-hydrogen) atoms. The van der Waals surface area contributed by atoms with Gasteiger partial charge in [0.05, 0.1) is 29.9 Å². The van der Waals surface area contributed by atoms with Gasteiger partial charge in [0.25, 0.3) is 0 Å². The van der Waals surface area contributed by atoms with Gasteiger partial charge in [-0.05, 0) is 42.3 Å². The van der Waals surface area contributed by atoms with Crippen molar-refractivity contribution in [3.05, 3.63) is 66.9 Å². The molecule has 0 atom stereocenters. The predicted molar refractivity (Wildman–Crippen MR) is 119 cm³/mol. The van der Waals surface area contributed by atoms with Crippen molar-refractivity contribution in [2.24, 2.45) is 5.92 Å². The molecule has 0 saturated carbocycles. The zero-order chi connectivity index (χ0) is 21.1. The van der Waals surface area contributed by atoms with Gasteiger partial charge in [0.2, 0.25) is 0 Å². The fourth-order valence-corrected chi connectivity index (χ4v) is 3.54. The monoisotopic (exact) mass is 403 g/mol. The molecule has 6 heteroatoms. The van der Waals surface area contributed by atoms with Crippen LogP contribution < -0.4 is 14.5 Å². The van der Waals surface area contributed by atoms with Crippen molar-refractivity contribution in [1.82, 2.24) is 4.98 Å².